The molecule has 1 aromatic carbocycles. The second kappa shape index (κ2) is 6.61. The molecule has 1 unspecified atom stereocenters. The topological polar surface area (TPSA) is 58.2 Å². The maximum Gasteiger partial charge on any atom is 0.239 e. The molecule has 0 radical (unpaired) electrons. The summed E-state index contributed by atoms with van der Waals surface area (Å²) in [5, 5.41) is 5.13. The lowest BCUT2D eigenvalue weighted by Crippen LogP contribution is -2.39. The molecule has 0 aliphatic heterocycles. The molecule has 0 spiro atoms. The Labute approximate surface area is 95.0 Å². The predicted octanol–water partition coefficient (Wildman–Crippen LogP) is 0.480. The van der Waals surface area contributed by atoms with Crippen molar-refractivity contribution in [3.05, 3.63) is 35.9 Å². The lowest BCUT2D eigenvalue weighted by molar-refractivity contribution is -0.122. The SMILES string of the molecule is CC(Cc1ccccc1)NC(=O)CNC=O. The van der Waals surface area contributed by atoms with Gasteiger partial charge in [-0.1, -0.05) is 30.3 Å². The van der Waals surface area contributed by atoms with Crippen molar-refractivity contribution >= 4 is 12.3 Å². The Balaban J connectivity index is 2.33. The third-order valence-electron chi connectivity index (χ3n) is 2.14. The summed E-state index contributed by atoms with van der Waals surface area (Å²) in [4.78, 5) is 21.3. The van der Waals surface area contributed by atoms with E-state index in [2.05, 4.69) is 10.6 Å². The first-order chi connectivity index (χ1) is 7.72. The summed E-state index contributed by atoms with van der Waals surface area (Å²) in [7, 11) is 0. The van der Waals surface area contributed by atoms with Crippen molar-refractivity contribution in [2.75, 3.05) is 6.54 Å². The third-order valence-corrected chi connectivity index (χ3v) is 2.14. The number of amides is 2. The lowest BCUT2D eigenvalue weighted by atomic mass is 10.1. The summed E-state index contributed by atoms with van der Waals surface area (Å²) in [5.41, 5.74) is 1.18. The molecule has 0 heterocycles. The minimum atomic E-state index is -0.171. The number of benzene rings is 1. The average Bonchev–Trinajstić information content (AvgIpc) is 2.27. The van der Waals surface area contributed by atoms with Crippen LogP contribution in [0.2, 0.25) is 0 Å². The molecule has 16 heavy (non-hydrogen) atoms. The first-order valence-corrected chi connectivity index (χ1v) is 5.22. The van der Waals surface area contributed by atoms with Crippen LogP contribution in [0.4, 0.5) is 0 Å². The fourth-order valence-electron chi connectivity index (χ4n) is 1.48. The first-order valence-electron chi connectivity index (χ1n) is 5.22. The van der Waals surface area contributed by atoms with Crippen LogP contribution in [0.15, 0.2) is 30.3 Å². The minimum absolute atomic E-state index is 0.0304. The fraction of sp³-hybridized carbons (Fsp3) is 0.333. The molecule has 4 heteroatoms. The van der Waals surface area contributed by atoms with E-state index in [9.17, 15) is 9.59 Å². The zero-order valence-corrected chi connectivity index (χ0v) is 9.27. The molecule has 0 saturated carbocycles. The molecular weight excluding hydrogens is 204 g/mol. The first kappa shape index (κ1) is 12.2. The minimum Gasteiger partial charge on any atom is -0.352 e. The molecular formula is C12H16N2O2. The van der Waals surface area contributed by atoms with E-state index in [0.29, 0.717) is 6.41 Å². The normalized spacial score (nSPS) is 11.6. The smallest absolute Gasteiger partial charge is 0.239 e. The number of rotatable bonds is 6. The van der Waals surface area contributed by atoms with Gasteiger partial charge in [-0.2, -0.15) is 0 Å². The Morgan fingerprint density at radius 1 is 1.38 bits per heavy atom. The number of hydrogen-bond acceptors (Lipinski definition) is 2. The Bertz CT molecular complexity index is 338. The summed E-state index contributed by atoms with van der Waals surface area (Å²) in [6, 6.07) is 10.00. The zero-order valence-electron chi connectivity index (χ0n) is 9.27. The molecule has 86 valence electrons. The highest BCUT2D eigenvalue weighted by molar-refractivity contribution is 5.80. The quantitative estimate of drug-likeness (QED) is 0.685. The van der Waals surface area contributed by atoms with Crippen LogP contribution < -0.4 is 10.6 Å². The molecule has 2 amide bonds. The van der Waals surface area contributed by atoms with Crippen LogP contribution in [0.5, 0.6) is 0 Å². The van der Waals surface area contributed by atoms with Crippen molar-refractivity contribution in [1.82, 2.24) is 10.6 Å². The molecule has 1 aromatic rings. The molecule has 2 N–H and O–H groups in total. The van der Waals surface area contributed by atoms with Crippen LogP contribution in [-0.2, 0) is 16.0 Å². The zero-order chi connectivity index (χ0) is 11.8. The van der Waals surface area contributed by atoms with Crippen LogP contribution in [0, 0.1) is 0 Å². The van der Waals surface area contributed by atoms with Crippen molar-refractivity contribution in [3.63, 3.8) is 0 Å². The van der Waals surface area contributed by atoms with Crippen molar-refractivity contribution in [2.45, 2.75) is 19.4 Å². The van der Waals surface area contributed by atoms with Gasteiger partial charge in [0.1, 0.15) is 0 Å². The van der Waals surface area contributed by atoms with Gasteiger partial charge in [0.05, 0.1) is 6.54 Å². The van der Waals surface area contributed by atoms with E-state index < -0.39 is 0 Å². The Morgan fingerprint density at radius 2 is 2.06 bits per heavy atom. The molecule has 4 nitrogen and oxygen atoms in total. The van der Waals surface area contributed by atoms with Crippen LogP contribution in [0.25, 0.3) is 0 Å². The van der Waals surface area contributed by atoms with Gasteiger partial charge < -0.3 is 10.6 Å². The number of carbonyl (C=O) groups excluding carboxylic acids is 2. The summed E-state index contributed by atoms with van der Waals surface area (Å²) >= 11 is 0. The van der Waals surface area contributed by atoms with E-state index in [0.717, 1.165) is 6.42 Å². The van der Waals surface area contributed by atoms with Gasteiger partial charge in [-0.3, -0.25) is 9.59 Å². The van der Waals surface area contributed by atoms with Crippen molar-refractivity contribution in [3.8, 4) is 0 Å². The van der Waals surface area contributed by atoms with E-state index >= 15 is 0 Å². The van der Waals surface area contributed by atoms with Gasteiger partial charge in [-0.25, -0.2) is 0 Å². The van der Waals surface area contributed by atoms with Gasteiger partial charge in [-0.15, -0.1) is 0 Å². The number of hydrogen-bond donors (Lipinski definition) is 2. The summed E-state index contributed by atoms with van der Waals surface area (Å²) < 4.78 is 0. The maximum absolute atomic E-state index is 11.3. The fourth-order valence-corrected chi connectivity index (χ4v) is 1.48. The maximum atomic E-state index is 11.3. The Morgan fingerprint density at radius 3 is 2.69 bits per heavy atom. The van der Waals surface area contributed by atoms with Crippen LogP contribution in [-0.4, -0.2) is 24.9 Å². The Kier molecular flexibility index (Phi) is 5.05. The van der Waals surface area contributed by atoms with Gasteiger partial charge in [0, 0.05) is 6.04 Å². The van der Waals surface area contributed by atoms with Gasteiger partial charge in [0.25, 0.3) is 0 Å². The summed E-state index contributed by atoms with van der Waals surface area (Å²) in [6.07, 6.45) is 1.30. The number of carbonyl (C=O) groups is 2. The van der Waals surface area contributed by atoms with Gasteiger partial charge in [-0.05, 0) is 18.9 Å². The molecule has 0 fully saturated rings. The molecule has 0 aliphatic rings. The highest BCUT2D eigenvalue weighted by atomic mass is 16.2. The third kappa shape index (κ3) is 4.59. The van der Waals surface area contributed by atoms with E-state index in [4.69, 9.17) is 0 Å². The highest BCUT2D eigenvalue weighted by Crippen LogP contribution is 2.02. The molecule has 1 rings (SSSR count). The van der Waals surface area contributed by atoms with Gasteiger partial charge in [0.15, 0.2) is 0 Å². The number of nitrogens with one attached hydrogen (secondary N) is 2. The Hall–Kier alpha value is -1.84. The van der Waals surface area contributed by atoms with Gasteiger partial charge >= 0.3 is 0 Å². The van der Waals surface area contributed by atoms with E-state index in [1.54, 1.807) is 0 Å². The molecule has 0 saturated heterocycles. The van der Waals surface area contributed by atoms with Crippen LogP contribution >= 0.6 is 0 Å². The van der Waals surface area contributed by atoms with E-state index in [1.165, 1.54) is 5.56 Å². The van der Waals surface area contributed by atoms with Crippen molar-refractivity contribution in [2.24, 2.45) is 0 Å². The van der Waals surface area contributed by atoms with Crippen molar-refractivity contribution < 1.29 is 9.59 Å². The average molecular weight is 220 g/mol. The van der Waals surface area contributed by atoms with Crippen molar-refractivity contribution in [1.29, 1.82) is 0 Å². The second-order valence-electron chi connectivity index (χ2n) is 3.66. The summed E-state index contributed by atoms with van der Waals surface area (Å²) in [5.74, 6) is -0.171. The molecule has 1 atom stereocenters. The molecule has 0 aromatic heterocycles. The molecule has 0 bridgehead atoms. The van der Waals surface area contributed by atoms with Crippen LogP contribution in [0.1, 0.15) is 12.5 Å². The summed E-state index contributed by atoms with van der Waals surface area (Å²) in [6.45, 7) is 1.97. The largest absolute Gasteiger partial charge is 0.352 e. The van der Waals surface area contributed by atoms with E-state index in [-0.39, 0.29) is 18.5 Å². The highest BCUT2D eigenvalue weighted by Gasteiger charge is 2.06. The van der Waals surface area contributed by atoms with Gasteiger partial charge in [0.2, 0.25) is 12.3 Å². The van der Waals surface area contributed by atoms with E-state index in [1.807, 2.05) is 37.3 Å². The monoisotopic (exact) mass is 220 g/mol. The predicted molar refractivity (Wildman–Crippen MR) is 61.8 cm³/mol. The second-order valence-corrected chi connectivity index (χ2v) is 3.66. The lowest BCUT2D eigenvalue weighted by Gasteiger charge is -2.13. The standard InChI is InChI=1S/C12H16N2O2/c1-10(14-12(16)8-13-9-15)7-11-5-3-2-4-6-11/h2-6,9-10H,7-8H2,1H3,(H,13,15)(H,14,16). The van der Waals surface area contributed by atoms with Crippen LogP contribution in [0.3, 0.4) is 0 Å². The molecule has 0 aliphatic carbocycles.